The van der Waals surface area contributed by atoms with Gasteiger partial charge in [0.2, 0.25) is 0 Å². The molecule has 6 heteroatoms. The van der Waals surface area contributed by atoms with E-state index in [1.165, 1.54) is 51.4 Å². The molecule has 22 heavy (non-hydrogen) atoms. The molecule has 0 fully saturated rings. The van der Waals surface area contributed by atoms with E-state index in [0.717, 1.165) is 12.8 Å². The average Bonchev–Trinajstić information content (AvgIpc) is 2.47. The zero-order valence-corrected chi connectivity index (χ0v) is 16.3. The Morgan fingerprint density at radius 1 is 1.00 bits per heavy atom. The molecule has 0 bridgehead atoms. The van der Waals surface area contributed by atoms with Crippen LogP contribution in [0.1, 0.15) is 71.1 Å². The first-order chi connectivity index (χ1) is 10.2. The fourth-order valence-corrected chi connectivity index (χ4v) is 2.15. The van der Waals surface area contributed by atoms with E-state index in [1.54, 1.807) is 0 Å². The predicted molar refractivity (Wildman–Crippen MR) is 80.0 cm³/mol. The fraction of sp³-hybridized carbons (Fsp3) is 0.938. The molecule has 1 unspecified atom stereocenters. The van der Waals surface area contributed by atoms with E-state index < -0.39 is 12.3 Å². The van der Waals surface area contributed by atoms with Gasteiger partial charge in [0.25, 0.3) is 6.16 Å². The van der Waals surface area contributed by atoms with E-state index >= 15 is 0 Å². The van der Waals surface area contributed by atoms with Crippen LogP contribution in [0.3, 0.4) is 0 Å². The third kappa shape index (κ3) is 18.2. The molecule has 0 amide bonds. The van der Waals surface area contributed by atoms with Crippen LogP contribution in [0, 0.1) is 0 Å². The van der Waals surface area contributed by atoms with Gasteiger partial charge in [0.05, 0.1) is 19.3 Å². The molecule has 0 radical (unpaired) electrons. The monoisotopic (exact) mass is 326 g/mol. The van der Waals surface area contributed by atoms with Crippen LogP contribution in [0.4, 0.5) is 4.79 Å². The number of carbonyl (C=O) groups is 1. The second-order valence-corrected chi connectivity index (χ2v) is 5.42. The first-order valence-electron chi connectivity index (χ1n) is 8.27. The summed E-state index contributed by atoms with van der Waals surface area (Å²) in [6, 6.07) is 0. The molecule has 5 nitrogen and oxygen atoms in total. The molecule has 0 aromatic rings. The molecule has 0 aromatic heterocycles. The van der Waals surface area contributed by atoms with Gasteiger partial charge >= 0.3 is 29.6 Å². The third-order valence-electron chi connectivity index (χ3n) is 3.44. The number of ether oxygens (including phenoxy) is 2. The summed E-state index contributed by atoms with van der Waals surface area (Å²) in [5.41, 5.74) is 0. The molecule has 0 aromatic carbocycles. The number of carboxylic acid groups (broad SMARTS) is 1. The van der Waals surface area contributed by atoms with Gasteiger partial charge in [-0.25, -0.2) is 0 Å². The Labute approximate surface area is 157 Å². The van der Waals surface area contributed by atoms with Gasteiger partial charge in [-0.1, -0.05) is 64.7 Å². The minimum absolute atomic E-state index is 0. The Kier molecular flexibility index (Phi) is 21.4. The first kappa shape index (κ1) is 24.4. The molecule has 0 aliphatic heterocycles. The van der Waals surface area contributed by atoms with Crippen molar-refractivity contribution in [3.63, 3.8) is 0 Å². The summed E-state index contributed by atoms with van der Waals surface area (Å²) in [7, 11) is 0. The van der Waals surface area contributed by atoms with Crippen molar-refractivity contribution in [1.82, 2.24) is 0 Å². The summed E-state index contributed by atoms with van der Waals surface area (Å²) >= 11 is 0. The molecule has 0 rings (SSSR count). The SMILES string of the molecule is CCCCCCCCCCCCOC(CO)COC(=O)[O-].[Na+]. The van der Waals surface area contributed by atoms with Crippen molar-refractivity contribution in [2.45, 2.75) is 77.2 Å². The maximum Gasteiger partial charge on any atom is 1.00 e. The van der Waals surface area contributed by atoms with Gasteiger partial charge in [-0.2, -0.15) is 0 Å². The smallest absolute Gasteiger partial charge is 0.547 e. The summed E-state index contributed by atoms with van der Waals surface area (Å²) in [5.74, 6) is 0. The van der Waals surface area contributed by atoms with Crippen molar-refractivity contribution >= 4 is 6.16 Å². The Morgan fingerprint density at radius 2 is 1.50 bits per heavy atom. The van der Waals surface area contributed by atoms with Crippen molar-refractivity contribution < 1.29 is 54.0 Å². The van der Waals surface area contributed by atoms with Gasteiger partial charge in [0.15, 0.2) is 0 Å². The van der Waals surface area contributed by atoms with Crippen molar-refractivity contribution in [2.75, 3.05) is 19.8 Å². The van der Waals surface area contributed by atoms with Crippen LogP contribution >= 0.6 is 0 Å². The van der Waals surface area contributed by atoms with Crippen LogP contribution in [0.5, 0.6) is 0 Å². The molecule has 1 atom stereocenters. The minimum Gasteiger partial charge on any atom is -0.547 e. The van der Waals surface area contributed by atoms with Crippen molar-refractivity contribution in [1.29, 1.82) is 0 Å². The van der Waals surface area contributed by atoms with E-state index in [-0.39, 0.29) is 42.8 Å². The van der Waals surface area contributed by atoms with Crippen LogP contribution in [-0.4, -0.2) is 37.2 Å². The Balaban J connectivity index is 0. The van der Waals surface area contributed by atoms with E-state index in [0.29, 0.717) is 6.61 Å². The number of aliphatic hydroxyl groups is 1. The maximum absolute atomic E-state index is 10.1. The van der Waals surface area contributed by atoms with Crippen LogP contribution < -0.4 is 34.7 Å². The zero-order valence-electron chi connectivity index (χ0n) is 14.3. The van der Waals surface area contributed by atoms with E-state index in [1.807, 2.05) is 0 Å². The molecule has 0 heterocycles. The molecule has 1 N–H and O–H groups in total. The van der Waals surface area contributed by atoms with Gasteiger partial charge in [0.1, 0.15) is 0 Å². The maximum atomic E-state index is 10.1. The van der Waals surface area contributed by atoms with Crippen LogP contribution in [0.25, 0.3) is 0 Å². The number of hydrogen-bond acceptors (Lipinski definition) is 5. The zero-order chi connectivity index (χ0) is 15.8. The van der Waals surface area contributed by atoms with E-state index in [2.05, 4.69) is 11.7 Å². The van der Waals surface area contributed by atoms with Gasteiger partial charge < -0.3 is 24.5 Å². The number of unbranched alkanes of at least 4 members (excludes halogenated alkanes) is 9. The number of carbonyl (C=O) groups excluding carboxylic acids is 1. The van der Waals surface area contributed by atoms with Crippen molar-refractivity contribution in [3.8, 4) is 0 Å². The number of hydrogen-bond donors (Lipinski definition) is 1. The van der Waals surface area contributed by atoms with Gasteiger partial charge in [-0.3, -0.25) is 0 Å². The Hall–Kier alpha value is 0.190. The Morgan fingerprint density at radius 3 is 1.95 bits per heavy atom. The molecular weight excluding hydrogens is 295 g/mol. The topological polar surface area (TPSA) is 78.8 Å². The summed E-state index contributed by atoms with van der Waals surface area (Å²) in [6.07, 6.45) is 10.3. The van der Waals surface area contributed by atoms with Crippen molar-refractivity contribution in [2.24, 2.45) is 0 Å². The standard InChI is InChI=1S/C16H32O5.Na/c1-2-3-4-5-6-7-8-9-10-11-12-20-15(13-17)14-21-16(18)19;/h15,17H,2-14H2,1H3,(H,18,19);/q;+1/p-1. The quantitative estimate of drug-likeness (QED) is 0.253. The molecular formula is C16H31NaO5. The Bertz CT molecular complexity index is 239. The summed E-state index contributed by atoms with van der Waals surface area (Å²) in [6.45, 7) is 2.34. The van der Waals surface area contributed by atoms with Gasteiger partial charge in [-0.05, 0) is 6.42 Å². The van der Waals surface area contributed by atoms with Crippen LogP contribution in [0.15, 0.2) is 0 Å². The van der Waals surface area contributed by atoms with Gasteiger partial charge in [0, 0.05) is 6.61 Å². The first-order valence-corrected chi connectivity index (χ1v) is 8.27. The molecule has 0 aliphatic rings. The summed E-state index contributed by atoms with van der Waals surface area (Å²) < 4.78 is 9.61. The predicted octanol–water partition coefficient (Wildman–Crippen LogP) is -0.351. The largest absolute Gasteiger partial charge is 1.00 e. The van der Waals surface area contributed by atoms with E-state index in [9.17, 15) is 9.90 Å². The average molecular weight is 326 g/mol. The second kappa shape index (κ2) is 19.2. The molecule has 0 saturated carbocycles. The van der Waals surface area contributed by atoms with Crippen LogP contribution in [-0.2, 0) is 9.47 Å². The normalized spacial score (nSPS) is 11.7. The van der Waals surface area contributed by atoms with Gasteiger partial charge in [-0.15, -0.1) is 0 Å². The number of rotatable bonds is 15. The molecule has 0 aliphatic carbocycles. The second-order valence-electron chi connectivity index (χ2n) is 5.42. The van der Waals surface area contributed by atoms with Crippen molar-refractivity contribution in [3.05, 3.63) is 0 Å². The molecule has 126 valence electrons. The van der Waals surface area contributed by atoms with E-state index in [4.69, 9.17) is 9.84 Å². The molecule has 0 saturated heterocycles. The third-order valence-corrected chi connectivity index (χ3v) is 3.44. The fourth-order valence-electron chi connectivity index (χ4n) is 2.15. The summed E-state index contributed by atoms with van der Waals surface area (Å²) in [4.78, 5) is 10.1. The number of aliphatic hydroxyl groups excluding tert-OH is 1. The van der Waals surface area contributed by atoms with Crippen LogP contribution in [0.2, 0.25) is 0 Å². The summed E-state index contributed by atoms with van der Waals surface area (Å²) in [5, 5.41) is 19.1. The molecule has 0 spiro atoms. The minimum atomic E-state index is -1.59.